The second kappa shape index (κ2) is 24.2. The molecule has 0 aromatic rings. The van der Waals surface area contributed by atoms with E-state index in [4.69, 9.17) is 10.2 Å². The molecule has 6 nitrogen and oxygen atoms in total. The van der Waals surface area contributed by atoms with Crippen LogP contribution >= 0.6 is 0 Å². The van der Waals surface area contributed by atoms with Gasteiger partial charge in [-0.05, 0) is 32.1 Å². The van der Waals surface area contributed by atoms with Crippen molar-refractivity contribution in [3.05, 3.63) is 12.2 Å². The Morgan fingerprint density at radius 2 is 1.07 bits per heavy atom. The van der Waals surface area contributed by atoms with Gasteiger partial charge < -0.3 is 14.9 Å². The summed E-state index contributed by atoms with van der Waals surface area (Å²) in [6.07, 6.45) is 21.4. The molecule has 0 aliphatic heterocycles. The quantitative estimate of drug-likeness (QED) is 0.159. The van der Waals surface area contributed by atoms with Gasteiger partial charge in [0.1, 0.15) is 0 Å². The molecule has 0 aromatic carbocycles. The third-order valence-electron chi connectivity index (χ3n) is 4.42. The van der Waals surface area contributed by atoms with Gasteiger partial charge in [-0.2, -0.15) is 0 Å². The smallest absolute Gasteiger partial charge is 0.305 e. The number of carbonyl (C=O) groups is 3. The molecule has 2 N–H and O–H groups in total. The maximum atomic E-state index is 10.9. The molecule has 0 fully saturated rings. The van der Waals surface area contributed by atoms with Crippen LogP contribution in [0.1, 0.15) is 110 Å². The lowest BCUT2D eigenvalue weighted by Crippen LogP contribution is -2.00. The molecule has 0 saturated carbocycles. The number of ether oxygens (including phenoxy) is 1. The fourth-order valence-corrected chi connectivity index (χ4v) is 2.66. The van der Waals surface area contributed by atoms with Gasteiger partial charge >= 0.3 is 17.9 Å². The van der Waals surface area contributed by atoms with E-state index < -0.39 is 11.9 Å². The van der Waals surface area contributed by atoms with E-state index in [2.05, 4.69) is 23.8 Å². The number of esters is 1. The molecule has 0 atom stereocenters. The van der Waals surface area contributed by atoms with Gasteiger partial charge in [0.15, 0.2) is 0 Å². The lowest BCUT2D eigenvalue weighted by Gasteiger charge is -2.00. The first-order chi connectivity index (χ1) is 13.9. The Labute approximate surface area is 176 Å². The summed E-state index contributed by atoms with van der Waals surface area (Å²) in [5, 5.41) is 15.8. The molecule has 0 aromatic heterocycles. The summed E-state index contributed by atoms with van der Waals surface area (Å²) < 4.78 is 4.62. The second-order valence-electron chi connectivity index (χ2n) is 7.20. The van der Waals surface area contributed by atoms with Gasteiger partial charge in [-0.3, -0.25) is 14.4 Å². The molecule has 0 unspecified atom stereocenters. The molecule has 0 amide bonds. The van der Waals surface area contributed by atoms with Crippen LogP contribution in [0.5, 0.6) is 0 Å². The summed E-state index contributed by atoms with van der Waals surface area (Å²) in [4.78, 5) is 30.2. The molecule has 0 radical (unpaired) electrons. The highest BCUT2D eigenvalue weighted by Gasteiger charge is 2.00. The predicted molar refractivity (Wildman–Crippen MR) is 116 cm³/mol. The number of carboxylic acids is 2. The average Bonchev–Trinajstić information content (AvgIpc) is 2.69. The Kier molecular flexibility index (Phi) is 24.5. The fraction of sp³-hybridized carbons (Fsp3) is 0.783. The highest BCUT2D eigenvalue weighted by Crippen LogP contribution is 2.10. The number of hydrogen-bond donors (Lipinski definition) is 2. The van der Waals surface area contributed by atoms with Crippen molar-refractivity contribution in [2.24, 2.45) is 0 Å². The molecule has 0 spiro atoms. The van der Waals surface area contributed by atoms with Gasteiger partial charge in [-0.15, -0.1) is 0 Å². The lowest BCUT2D eigenvalue weighted by molar-refractivity contribution is -0.143. The number of aliphatic carboxylic acids is 2. The zero-order chi connectivity index (χ0) is 22.2. The summed E-state index contributed by atoms with van der Waals surface area (Å²) >= 11 is 0. The van der Waals surface area contributed by atoms with E-state index >= 15 is 0 Å². The lowest BCUT2D eigenvalue weighted by atomic mass is 10.1. The highest BCUT2D eigenvalue weighted by molar-refractivity contribution is 5.75. The van der Waals surface area contributed by atoms with Crippen LogP contribution in [-0.2, 0) is 19.1 Å². The molecule has 29 heavy (non-hydrogen) atoms. The molecule has 0 aliphatic rings. The van der Waals surface area contributed by atoms with Crippen LogP contribution in [-0.4, -0.2) is 35.2 Å². The van der Waals surface area contributed by atoms with E-state index in [0.29, 0.717) is 6.42 Å². The number of carbonyl (C=O) groups excluding carboxylic acids is 1. The number of unbranched alkanes of at least 4 members (excludes halogenated alkanes) is 11. The Bertz CT molecular complexity index is 417. The molecule has 6 heteroatoms. The van der Waals surface area contributed by atoms with E-state index in [1.54, 1.807) is 0 Å². The summed E-state index contributed by atoms with van der Waals surface area (Å²) in [5.74, 6) is -2.23. The van der Waals surface area contributed by atoms with Gasteiger partial charge in [0.05, 0.1) is 20.0 Å². The number of allylic oxidation sites excluding steroid dienone is 2. The van der Waals surface area contributed by atoms with Crippen LogP contribution in [0.25, 0.3) is 0 Å². The van der Waals surface area contributed by atoms with Crippen molar-refractivity contribution in [3.8, 4) is 0 Å². The van der Waals surface area contributed by atoms with E-state index in [0.717, 1.165) is 12.8 Å². The van der Waals surface area contributed by atoms with Crippen molar-refractivity contribution < 1.29 is 29.3 Å². The molecule has 0 bridgehead atoms. The van der Waals surface area contributed by atoms with Crippen molar-refractivity contribution in [2.75, 3.05) is 7.11 Å². The minimum atomic E-state index is -1.08. The average molecular weight is 415 g/mol. The number of rotatable bonds is 18. The Hall–Kier alpha value is -1.85. The van der Waals surface area contributed by atoms with Gasteiger partial charge in [-0.25, -0.2) is 0 Å². The number of carboxylic acid groups (broad SMARTS) is 2. The van der Waals surface area contributed by atoms with E-state index in [1.165, 1.54) is 77.7 Å². The predicted octanol–water partition coefficient (Wildman–Crippen LogP) is 6.13. The first kappa shape index (κ1) is 29.4. The summed E-state index contributed by atoms with van der Waals surface area (Å²) in [5.41, 5.74) is 0. The standard InChI is InChI=1S/C19H36O2.C4H6O4/c1-3-4-5-6-7-8-9-10-11-12-13-14-15-16-17-18-19(20)21-2;5-3(6)1-2-4(7)8/h10-11H,3-9,12-18H2,1-2H3;1-2H2,(H,5,6)(H,7,8)/b11-10-;. The number of hydrogen-bond acceptors (Lipinski definition) is 4. The molecule has 0 saturated heterocycles. The minimum absolute atomic E-state index is 0.0763. The molecule has 170 valence electrons. The maximum Gasteiger partial charge on any atom is 0.305 e. The monoisotopic (exact) mass is 414 g/mol. The van der Waals surface area contributed by atoms with Crippen LogP contribution in [0.3, 0.4) is 0 Å². The van der Waals surface area contributed by atoms with Gasteiger partial charge in [0, 0.05) is 6.42 Å². The Morgan fingerprint density at radius 3 is 1.48 bits per heavy atom. The number of methoxy groups -OCH3 is 1. The van der Waals surface area contributed by atoms with Crippen LogP contribution in [0.15, 0.2) is 12.2 Å². The Morgan fingerprint density at radius 1 is 0.655 bits per heavy atom. The first-order valence-electron chi connectivity index (χ1n) is 11.1. The molecule has 0 heterocycles. The SMILES string of the molecule is CCCCCCCC/C=C\CCCCCCCC(=O)OC.O=C(O)CCC(=O)O. The summed E-state index contributed by atoms with van der Waals surface area (Å²) in [7, 11) is 1.46. The highest BCUT2D eigenvalue weighted by atomic mass is 16.5. The maximum absolute atomic E-state index is 10.9. The van der Waals surface area contributed by atoms with Crippen LogP contribution in [0.2, 0.25) is 0 Å². The zero-order valence-corrected chi connectivity index (χ0v) is 18.5. The molecular formula is C23H42O6. The van der Waals surface area contributed by atoms with Crippen molar-refractivity contribution in [2.45, 2.75) is 110 Å². The zero-order valence-electron chi connectivity index (χ0n) is 18.5. The van der Waals surface area contributed by atoms with E-state index in [-0.39, 0.29) is 18.8 Å². The van der Waals surface area contributed by atoms with Crippen molar-refractivity contribution in [1.82, 2.24) is 0 Å². The van der Waals surface area contributed by atoms with Crippen LogP contribution < -0.4 is 0 Å². The fourth-order valence-electron chi connectivity index (χ4n) is 2.66. The molecule has 0 aliphatic carbocycles. The van der Waals surface area contributed by atoms with Crippen molar-refractivity contribution in [1.29, 1.82) is 0 Å². The van der Waals surface area contributed by atoms with E-state index in [1.807, 2.05) is 0 Å². The van der Waals surface area contributed by atoms with E-state index in [9.17, 15) is 14.4 Å². The van der Waals surface area contributed by atoms with Gasteiger partial charge in [0.2, 0.25) is 0 Å². The van der Waals surface area contributed by atoms with Crippen LogP contribution in [0, 0.1) is 0 Å². The summed E-state index contributed by atoms with van der Waals surface area (Å²) in [6, 6.07) is 0. The minimum Gasteiger partial charge on any atom is -0.481 e. The van der Waals surface area contributed by atoms with Gasteiger partial charge in [0.25, 0.3) is 0 Å². The van der Waals surface area contributed by atoms with Gasteiger partial charge in [-0.1, -0.05) is 70.4 Å². The van der Waals surface area contributed by atoms with Crippen LogP contribution in [0.4, 0.5) is 0 Å². The normalized spacial score (nSPS) is 10.4. The topological polar surface area (TPSA) is 101 Å². The molecular weight excluding hydrogens is 372 g/mol. The second-order valence-corrected chi connectivity index (χ2v) is 7.20. The Balaban J connectivity index is 0. The molecule has 0 rings (SSSR count). The third kappa shape index (κ3) is 31.1. The first-order valence-corrected chi connectivity index (χ1v) is 11.1. The third-order valence-corrected chi connectivity index (χ3v) is 4.42. The largest absolute Gasteiger partial charge is 0.481 e. The van der Waals surface area contributed by atoms with Crippen molar-refractivity contribution >= 4 is 17.9 Å². The van der Waals surface area contributed by atoms with Crippen molar-refractivity contribution in [3.63, 3.8) is 0 Å². The summed E-state index contributed by atoms with van der Waals surface area (Å²) in [6.45, 7) is 2.27.